The molecule has 0 amide bonds. The Bertz CT molecular complexity index is 284. The maximum atomic E-state index is 12.0. The molecule has 6 heteroatoms. The number of hydrogen-bond acceptors (Lipinski definition) is 3. The summed E-state index contributed by atoms with van der Waals surface area (Å²) in [5, 5.41) is 2.89. The summed E-state index contributed by atoms with van der Waals surface area (Å²) in [7, 11) is 0. The smallest absolute Gasteiger partial charge is 0.307 e. The molecule has 1 aromatic heterocycles. The number of thiazole rings is 1. The Labute approximate surface area is 90.5 Å². The zero-order valence-electron chi connectivity index (χ0n) is 8.51. The molecule has 0 aromatic carbocycles. The van der Waals surface area contributed by atoms with E-state index < -0.39 is 18.6 Å². The lowest BCUT2D eigenvalue weighted by Crippen LogP contribution is -2.32. The molecule has 0 aliphatic rings. The van der Waals surface area contributed by atoms with Crippen LogP contribution in [0.2, 0.25) is 0 Å². The van der Waals surface area contributed by atoms with Crippen molar-refractivity contribution in [3.8, 4) is 0 Å². The van der Waals surface area contributed by atoms with E-state index in [9.17, 15) is 13.2 Å². The van der Waals surface area contributed by atoms with Gasteiger partial charge in [0.15, 0.2) is 0 Å². The molecule has 15 heavy (non-hydrogen) atoms. The summed E-state index contributed by atoms with van der Waals surface area (Å²) in [6, 6.07) is -0.669. The Morgan fingerprint density at radius 3 is 2.60 bits per heavy atom. The van der Waals surface area contributed by atoms with Crippen LogP contribution in [0, 0.1) is 0 Å². The summed E-state index contributed by atoms with van der Waals surface area (Å²) in [5.74, 6) is 0. The molecular weight excluding hydrogens is 225 g/mol. The third kappa shape index (κ3) is 4.61. The highest BCUT2D eigenvalue weighted by molar-refractivity contribution is 7.09. The van der Waals surface area contributed by atoms with E-state index in [0.29, 0.717) is 0 Å². The summed E-state index contributed by atoms with van der Waals surface area (Å²) in [5.41, 5.74) is 1.67. The molecule has 2 atom stereocenters. The first-order valence-electron chi connectivity index (χ1n) is 4.59. The summed E-state index contributed by atoms with van der Waals surface area (Å²) in [6.45, 7) is 3.37. The molecular formula is C9H13F3N2S. The predicted octanol–water partition coefficient (Wildman–Crippen LogP) is 3.13. The number of rotatable bonds is 4. The van der Waals surface area contributed by atoms with Gasteiger partial charge in [-0.25, -0.2) is 0 Å². The Morgan fingerprint density at radius 1 is 1.47 bits per heavy atom. The van der Waals surface area contributed by atoms with Crippen molar-refractivity contribution in [3.05, 3.63) is 16.6 Å². The lowest BCUT2D eigenvalue weighted by Gasteiger charge is -2.19. The molecule has 0 bridgehead atoms. The number of aromatic nitrogens is 1. The molecule has 0 aliphatic carbocycles. The first kappa shape index (κ1) is 12.4. The number of alkyl halides is 3. The van der Waals surface area contributed by atoms with Crippen molar-refractivity contribution >= 4 is 11.3 Å². The van der Waals surface area contributed by atoms with Crippen molar-refractivity contribution in [3.63, 3.8) is 0 Å². The third-order valence-electron chi connectivity index (χ3n) is 1.95. The predicted molar refractivity (Wildman–Crippen MR) is 53.8 cm³/mol. The van der Waals surface area contributed by atoms with E-state index >= 15 is 0 Å². The molecule has 0 aliphatic heterocycles. The molecule has 1 N–H and O–H groups in total. The highest BCUT2D eigenvalue weighted by Crippen LogP contribution is 2.23. The van der Waals surface area contributed by atoms with Gasteiger partial charge in [0.25, 0.3) is 0 Å². The monoisotopic (exact) mass is 238 g/mol. The average Bonchev–Trinajstić information content (AvgIpc) is 2.50. The van der Waals surface area contributed by atoms with E-state index in [1.807, 2.05) is 6.92 Å². The zero-order valence-corrected chi connectivity index (χ0v) is 9.32. The van der Waals surface area contributed by atoms with Gasteiger partial charge in [0, 0.05) is 23.2 Å². The molecule has 0 saturated heterocycles. The van der Waals surface area contributed by atoms with Crippen molar-refractivity contribution in [2.75, 3.05) is 0 Å². The molecule has 0 spiro atoms. The van der Waals surface area contributed by atoms with Crippen LogP contribution in [-0.2, 0) is 0 Å². The van der Waals surface area contributed by atoms with E-state index in [2.05, 4.69) is 10.3 Å². The second-order valence-electron chi connectivity index (χ2n) is 3.51. The van der Waals surface area contributed by atoms with Crippen LogP contribution in [0.25, 0.3) is 0 Å². The van der Waals surface area contributed by atoms with Crippen LogP contribution in [0.3, 0.4) is 0 Å². The van der Waals surface area contributed by atoms with E-state index in [-0.39, 0.29) is 6.04 Å². The fourth-order valence-corrected chi connectivity index (χ4v) is 1.99. The van der Waals surface area contributed by atoms with E-state index in [1.54, 1.807) is 11.7 Å². The van der Waals surface area contributed by atoms with Gasteiger partial charge in [-0.2, -0.15) is 13.2 Å². The second-order valence-corrected chi connectivity index (χ2v) is 4.43. The van der Waals surface area contributed by atoms with Gasteiger partial charge in [-0.3, -0.25) is 4.98 Å². The standard InChI is InChI=1S/C9H13F3N2S/c1-6(3-9(10,11)12)14-7(2)8-4-13-5-15-8/h4-7,14H,3H2,1-2H3. The SMILES string of the molecule is CC(CC(F)(F)F)NC(C)c1cncs1. The number of halogens is 3. The minimum absolute atomic E-state index is 0.0881. The maximum Gasteiger partial charge on any atom is 0.390 e. The molecule has 1 heterocycles. The average molecular weight is 238 g/mol. The molecule has 86 valence electrons. The Kier molecular flexibility index (Phi) is 4.10. The number of hydrogen-bond donors (Lipinski definition) is 1. The van der Waals surface area contributed by atoms with Crippen molar-refractivity contribution in [2.45, 2.75) is 38.5 Å². The Hall–Kier alpha value is -0.620. The topological polar surface area (TPSA) is 24.9 Å². The van der Waals surface area contributed by atoms with E-state index in [0.717, 1.165) is 4.88 Å². The van der Waals surface area contributed by atoms with Gasteiger partial charge in [0.1, 0.15) is 0 Å². The second kappa shape index (κ2) is 4.94. The van der Waals surface area contributed by atoms with Gasteiger partial charge in [0.05, 0.1) is 11.9 Å². The van der Waals surface area contributed by atoms with Crippen molar-refractivity contribution in [1.82, 2.24) is 10.3 Å². The summed E-state index contributed by atoms with van der Waals surface area (Å²) in [4.78, 5) is 4.83. The van der Waals surface area contributed by atoms with Crippen LogP contribution in [0.1, 0.15) is 31.2 Å². The van der Waals surface area contributed by atoms with Crippen molar-refractivity contribution in [1.29, 1.82) is 0 Å². The van der Waals surface area contributed by atoms with Gasteiger partial charge in [-0.1, -0.05) is 0 Å². The zero-order chi connectivity index (χ0) is 11.5. The van der Waals surface area contributed by atoms with E-state index in [4.69, 9.17) is 0 Å². The molecule has 0 saturated carbocycles. The summed E-state index contributed by atoms with van der Waals surface area (Å²) in [6.07, 6.45) is -3.25. The molecule has 1 aromatic rings. The van der Waals surface area contributed by atoms with Crippen LogP contribution < -0.4 is 5.32 Å². The van der Waals surface area contributed by atoms with Gasteiger partial charge in [-0.15, -0.1) is 11.3 Å². The maximum absolute atomic E-state index is 12.0. The van der Waals surface area contributed by atoms with Crippen molar-refractivity contribution < 1.29 is 13.2 Å². The fourth-order valence-electron chi connectivity index (χ4n) is 1.35. The van der Waals surface area contributed by atoms with Crippen LogP contribution in [0.4, 0.5) is 13.2 Å². The first-order chi connectivity index (χ1) is 6.88. The van der Waals surface area contributed by atoms with Crippen molar-refractivity contribution in [2.24, 2.45) is 0 Å². The summed E-state index contributed by atoms with van der Waals surface area (Å²) >= 11 is 1.44. The lowest BCUT2D eigenvalue weighted by molar-refractivity contribution is -0.139. The fraction of sp³-hybridized carbons (Fsp3) is 0.667. The number of nitrogens with one attached hydrogen (secondary N) is 1. The van der Waals surface area contributed by atoms with Gasteiger partial charge in [-0.05, 0) is 13.8 Å². The molecule has 1 rings (SSSR count). The van der Waals surface area contributed by atoms with Crippen LogP contribution in [-0.4, -0.2) is 17.2 Å². The largest absolute Gasteiger partial charge is 0.390 e. The molecule has 2 nitrogen and oxygen atoms in total. The summed E-state index contributed by atoms with van der Waals surface area (Å²) < 4.78 is 36.1. The molecule has 0 radical (unpaired) electrons. The van der Waals surface area contributed by atoms with Crippen LogP contribution >= 0.6 is 11.3 Å². The number of nitrogens with zero attached hydrogens (tertiary/aromatic N) is 1. The lowest BCUT2D eigenvalue weighted by atomic mass is 10.2. The van der Waals surface area contributed by atoms with Gasteiger partial charge < -0.3 is 5.32 Å². The quantitative estimate of drug-likeness (QED) is 0.871. The van der Waals surface area contributed by atoms with E-state index in [1.165, 1.54) is 18.3 Å². The highest BCUT2D eigenvalue weighted by Gasteiger charge is 2.30. The first-order valence-corrected chi connectivity index (χ1v) is 5.47. The normalized spacial score (nSPS) is 16.3. The Balaban J connectivity index is 2.42. The van der Waals surface area contributed by atoms with Crippen LogP contribution in [0.15, 0.2) is 11.7 Å². The van der Waals surface area contributed by atoms with Crippen LogP contribution in [0.5, 0.6) is 0 Å². The van der Waals surface area contributed by atoms with Gasteiger partial charge >= 0.3 is 6.18 Å². The highest BCUT2D eigenvalue weighted by atomic mass is 32.1. The van der Waals surface area contributed by atoms with Gasteiger partial charge in [0.2, 0.25) is 0 Å². The molecule has 2 unspecified atom stereocenters. The minimum Gasteiger partial charge on any atom is -0.307 e. The third-order valence-corrected chi connectivity index (χ3v) is 2.91. The Morgan fingerprint density at radius 2 is 2.13 bits per heavy atom. The minimum atomic E-state index is -4.11. The molecule has 0 fully saturated rings.